The summed E-state index contributed by atoms with van der Waals surface area (Å²) in [7, 11) is 2.09. The fourth-order valence-corrected chi connectivity index (χ4v) is 3.71. The molecular weight excluding hydrogens is 300 g/mol. The summed E-state index contributed by atoms with van der Waals surface area (Å²) in [5.41, 5.74) is 2.38. The second-order valence-corrected chi connectivity index (χ2v) is 6.77. The summed E-state index contributed by atoms with van der Waals surface area (Å²) in [6, 6.07) is 8.36. The summed E-state index contributed by atoms with van der Waals surface area (Å²) in [6.45, 7) is 3.89. The van der Waals surface area contributed by atoms with Gasteiger partial charge in [-0.1, -0.05) is 31.2 Å². The minimum Gasteiger partial charge on any atom is -0.387 e. The predicted octanol–water partition coefficient (Wildman–Crippen LogP) is 2.76. The Morgan fingerprint density at radius 3 is 2.92 bits per heavy atom. The number of aromatic nitrogens is 2. The lowest BCUT2D eigenvalue weighted by Gasteiger charge is -2.18. The number of hydrogen-bond acceptors (Lipinski definition) is 2. The van der Waals surface area contributed by atoms with Crippen molar-refractivity contribution in [1.29, 1.82) is 0 Å². The Morgan fingerprint density at radius 2 is 2.17 bits per heavy atom. The zero-order valence-electron chi connectivity index (χ0n) is 14.8. The van der Waals surface area contributed by atoms with E-state index in [0.29, 0.717) is 19.1 Å². The highest BCUT2D eigenvalue weighted by Gasteiger charge is 2.23. The quantitative estimate of drug-likeness (QED) is 0.626. The minimum atomic E-state index is -0.481. The van der Waals surface area contributed by atoms with Crippen LogP contribution in [0.3, 0.4) is 0 Å². The Bertz CT molecular complexity index is 705. The van der Waals surface area contributed by atoms with Crippen molar-refractivity contribution in [3.05, 3.63) is 42.2 Å². The van der Waals surface area contributed by atoms with E-state index in [1.807, 2.05) is 0 Å². The molecule has 1 aliphatic carbocycles. The van der Waals surface area contributed by atoms with E-state index in [4.69, 9.17) is 4.74 Å². The van der Waals surface area contributed by atoms with Crippen LogP contribution >= 0.6 is 0 Å². The van der Waals surface area contributed by atoms with E-state index < -0.39 is 6.10 Å². The molecule has 0 amide bonds. The van der Waals surface area contributed by atoms with Crippen molar-refractivity contribution in [2.24, 2.45) is 13.0 Å². The molecule has 0 aliphatic heterocycles. The van der Waals surface area contributed by atoms with Crippen LogP contribution in [0.25, 0.3) is 11.0 Å². The maximum atomic E-state index is 10.5. The second-order valence-electron chi connectivity index (χ2n) is 6.77. The summed E-state index contributed by atoms with van der Waals surface area (Å²) in [6.07, 6.45) is 8.40. The Kier molecular flexibility index (Phi) is 5.69. The lowest BCUT2D eigenvalue weighted by molar-refractivity contribution is -0.653. The molecule has 4 nitrogen and oxygen atoms in total. The normalized spacial score (nSPS) is 19.0. The number of aliphatic hydroxyl groups excluding tert-OH is 1. The van der Waals surface area contributed by atoms with Crippen LogP contribution in [0.1, 0.15) is 32.0 Å². The maximum absolute atomic E-state index is 10.5. The maximum Gasteiger partial charge on any atom is 0.256 e. The van der Waals surface area contributed by atoms with Crippen LogP contribution < -0.4 is 4.57 Å². The molecule has 0 spiro atoms. The molecule has 1 aromatic heterocycles. The lowest BCUT2D eigenvalue weighted by atomic mass is 9.95. The number of aliphatic hydroxyl groups is 1. The van der Waals surface area contributed by atoms with Gasteiger partial charge >= 0.3 is 0 Å². The van der Waals surface area contributed by atoms with Gasteiger partial charge in [0, 0.05) is 13.0 Å². The first kappa shape index (κ1) is 17.2. The largest absolute Gasteiger partial charge is 0.387 e. The van der Waals surface area contributed by atoms with Crippen LogP contribution in [0.2, 0.25) is 0 Å². The number of aryl methyl sites for hydroxylation is 1. The van der Waals surface area contributed by atoms with Crippen molar-refractivity contribution in [3.8, 4) is 0 Å². The molecule has 0 saturated heterocycles. The Hall–Kier alpha value is -1.65. The average Bonchev–Trinajstić information content (AvgIpc) is 2.88. The summed E-state index contributed by atoms with van der Waals surface area (Å²) in [5.74, 6) is 1.84. The third kappa shape index (κ3) is 3.70. The summed E-state index contributed by atoms with van der Waals surface area (Å²) >= 11 is 0. The molecule has 24 heavy (non-hydrogen) atoms. The minimum absolute atomic E-state index is 0.402. The van der Waals surface area contributed by atoms with E-state index in [0.717, 1.165) is 25.9 Å². The number of benzene rings is 1. The third-order valence-corrected chi connectivity index (χ3v) is 4.98. The van der Waals surface area contributed by atoms with Crippen LogP contribution in [-0.2, 0) is 24.8 Å². The Labute approximate surface area is 144 Å². The van der Waals surface area contributed by atoms with E-state index in [2.05, 4.69) is 59.5 Å². The van der Waals surface area contributed by atoms with Crippen LogP contribution in [-0.4, -0.2) is 29.0 Å². The smallest absolute Gasteiger partial charge is 0.256 e. The van der Waals surface area contributed by atoms with Gasteiger partial charge in [0.1, 0.15) is 12.6 Å². The topological polar surface area (TPSA) is 38.3 Å². The number of hydrogen-bond donors (Lipinski definition) is 1. The van der Waals surface area contributed by atoms with Gasteiger partial charge < -0.3 is 9.84 Å². The molecular formula is C20H29N2O2+. The number of fused-ring (bicyclic) bond motifs is 1. The standard InChI is InChI=1S/C20H29N2O2/c1-3-20-21(2)18-11-7-8-12-19(18)22(20)13-17(23)15-24-14-16-9-5-4-6-10-16/h4-5,7-8,11-12,16-17,23H,3,6,9-10,13-15H2,1-2H3/q+1/t16-,17-/m1/s1. The SMILES string of the molecule is CCc1n(C[C@@H](O)COC[C@@H]2CC=CCC2)c2ccccc2[n+]1C. The van der Waals surface area contributed by atoms with Gasteiger partial charge in [-0.05, 0) is 37.3 Å². The molecule has 1 aromatic carbocycles. The fourth-order valence-electron chi connectivity index (χ4n) is 3.71. The predicted molar refractivity (Wildman–Crippen MR) is 95.8 cm³/mol. The van der Waals surface area contributed by atoms with Gasteiger partial charge in [0.05, 0.1) is 13.7 Å². The van der Waals surface area contributed by atoms with Gasteiger partial charge in [-0.2, -0.15) is 0 Å². The molecule has 0 unspecified atom stereocenters. The Balaban J connectivity index is 1.62. The van der Waals surface area contributed by atoms with Gasteiger partial charge in [-0.25, -0.2) is 9.13 Å². The summed E-state index contributed by atoms with van der Waals surface area (Å²) in [5, 5.41) is 10.5. The van der Waals surface area contributed by atoms with Gasteiger partial charge in [-0.3, -0.25) is 0 Å². The van der Waals surface area contributed by atoms with E-state index >= 15 is 0 Å². The highest BCUT2D eigenvalue weighted by molar-refractivity contribution is 5.72. The molecule has 2 aromatic rings. The molecule has 1 heterocycles. The number of nitrogens with zero attached hydrogens (tertiary/aromatic N) is 2. The highest BCUT2D eigenvalue weighted by atomic mass is 16.5. The first-order valence-corrected chi connectivity index (χ1v) is 9.07. The molecule has 1 aliphatic rings. The monoisotopic (exact) mass is 329 g/mol. The van der Waals surface area contributed by atoms with E-state index in [-0.39, 0.29) is 0 Å². The molecule has 0 bridgehead atoms. The average molecular weight is 329 g/mol. The number of rotatable bonds is 7. The fraction of sp³-hybridized carbons (Fsp3) is 0.550. The number of allylic oxidation sites excluding steroid dienone is 2. The van der Waals surface area contributed by atoms with Gasteiger partial charge in [0.15, 0.2) is 11.0 Å². The van der Waals surface area contributed by atoms with Crippen molar-refractivity contribution in [2.45, 2.75) is 45.3 Å². The van der Waals surface area contributed by atoms with Crippen molar-refractivity contribution in [3.63, 3.8) is 0 Å². The number of imidazole rings is 1. The van der Waals surface area contributed by atoms with E-state index in [1.165, 1.54) is 23.3 Å². The lowest BCUT2D eigenvalue weighted by Crippen LogP contribution is -2.34. The first-order chi connectivity index (χ1) is 11.7. The second kappa shape index (κ2) is 7.95. The van der Waals surface area contributed by atoms with Crippen molar-refractivity contribution < 1.29 is 14.4 Å². The molecule has 130 valence electrons. The van der Waals surface area contributed by atoms with Crippen LogP contribution in [0, 0.1) is 5.92 Å². The van der Waals surface area contributed by atoms with Crippen LogP contribution in [0.5, 0.6) is 0 Å². The molecule has 1 N–H and O–H groups in total. The molecule has 0 fully saturated rings. The molecule has 2 atom stereocenters. The van der Waals surface area contributed by atoms with Crippen molar-refractivity contribution >= 4 is 11.0 Å². The molecule has 0 radical (unpaired) electrons. The zero-order chi connectivity index (χ0) is 16.9. The van der Waals surface area contributed by atoms with Crippen LogP contribution in [0.15, 0.2) is 36.4 Å². The summed E-state index contributed by atoms with van der Waals surface area (Å²) in [4.78, 5) is 0. The van der Waals surface area contributed by atoms with Crippen molar-refractivity contribution in [2.75, 3.05) is 13.2 Å². The zero-order valence-corrected chi connectivity index (χ0v) is 14.8. The Morgan fingerprint density at radius 1 is 1.33 bits per heavy atom. The van der Waals surface area contributed by atoms with Crippen molar-refractivity contribution in [1.82, 2.24) is 4.57 Å². The third-order valence-electron chi connectivity index (χ3n) is 4.98. The van der Waals surface area contributed by atoms with Gasteiger partial charge in [0.2, 0.25) is 0 Å². The molecule has 4 heteroatoms. The number of para-hydroxylation sites is 2. The van der Waals surface area contributed by atoms with Gasteiger partial charge in [0.25, 0.3) is 5.82 Å². The summed E-state index contributed by atoms with van der Waals surface area (Å²) < 4.78 is 10.2. The molecule has 0 saturated carbocycles. The van der Waals surface area contributed by atoms with Crippen LogP contribution in [0.4, 0.5) is 0 Å². The number of ether oxygens (including phenoxy) is 1. The van der Waals surface area contributed by atoms with E-state index in [1.54, 1.807) is 0 Å². The molecule has 3 rings (SSSR count). The van der Waals surface area contributed by atoms with Gasteiger partial charge in [-0.15, -0.1) is 0 Å². The first-order valence-electron chi connectivity index (χ1n) is 9.07. The van der Waals surface area contributed by atoms with E-state index in [9.17, 15) is 5.11 Å². The highest BCUT2D eigenvalue weighted by Crippen LogP contribution is 2.19.